The first kappa shape index (κ1) is 19.3. The van der Waals surface area contributed by atoms with Crippen LogP contribution in [0.1, 0.15) is 17.5 Å². The van der Waals surface area contributed by atoms with Crippen molar-refractivity contribution in [3.8, 4) is 5.75 Å². The van der Waals surface area contributed by atoms with Crippen LogP contribution >= 0.6 is 11.6 Å². The molecular formula is C24H24ClN3O. The number of hydrogen-bond acceptors (Lipinski definition) is 2. The Kier molecular flexibility index (Phi) is 5.72. The number of nitrogens with zero attached hydrogens (tertiary/aromatic N) is 2. The third kappa shape index (κ3) is 4.22. The lowest BCUT2D eigenvalue weighted by molar-refractivity contribution is 0.301. The summed E-state index contributed by atoms with van der Waals surface area (Å²) >= 11 is 5.91. The van der Waals surface area contributed by atoms with Gasteiger partial charge in [-0.1, -0.05) is 48.0 Å². The van der Waals surface area contributed by atoms with Crippen molar-refractivity contribution < 1.29 is 4.74 Å². The molecule has 0 amide bonds. The van der Waals surface area contributed by atoms with Gasteiger partial charge in [0.1, 0.15) is 5.75 Å². The molecule has 148 valence electrons. The minimum Gasteiger partial charge on any atom is -0.494 e. The Morgan fingerprint density at radius 2 is 1.52 bits per heavy atom. The van der Waals surface area contributed by atoms with Crippen LogP contribution < -0.4 is 10.4 Å². The maximum Gasteiger partial charge on any atom is 0.203 e. The maximum atomic E-state index is 8.79. The molecule has 4 aromatic rings. The number of fused-ring (bicyclic) bond motifs is 1. The van der Waals surface area contributed by atoms with E-state index in [1.807, 2.05) is 36.4 Å². The van der Waals surface area contributed by atoms with Gasteiger partial charge in [-0.25, -0.2) is 0 Å². The van der Waals surface area contributed by atoms with Gasteiger partial charge in [-0.2, -0.15) is 0 Å². The first-order valence-corrected chi connectivity index (χ1v) is 10.2. The number of nitrogens with one attached hydrogen (secondary N) is 1. The van der Waals surface area contributed by atoms with Crippen LogP contribution in [0.5, 0.6) is 5.75 Å². The van der Waals surface area contributed by atoms with Gasteiger partial charge in [0, 0.05) is 11.6 Å². The highest BCUT2D eigenvalue weighted by atomic mass is 35.5. The smallest absolute Gasteiger partial charge is 0.203 e. The zero-order chi connectivity index (χ0) is 20.2. The molecule has 0 saturated carbocycles. The normalized spacial score (nSPS) is 11.1. The summed E-state index contributed by atoms with van der Waals surface area (Å²) in [5.74, 6) is 0.812. The van der Waals surface area contributed by atoms with Crippen molar-refractivity contribution in [2.45, 2.75) is 26.4 Å². The number of hydrogen-bond donors (Lipinski definition) is 1. The van der Waals surface area contributed by atoms with Gasteiger partial charge in [-0.05, 0) is 60.9 Å². The van der Waals surface area contributed by atoms with Gasteiger partial charge in [0.05, 0.1) is 24.2 Å². The minimum absolute atomic E-state index is 0.515. The van der Waals surface area contributed by atoms with Crippen molar-refractivity contribution in [1.82, 2.24) is 9.13 Å². The highest BCUT2D eigenvalue weighted by Crippen LogP contribution is 2.18. The van der Waals surface area contributed by atoms with Crippen LogP contribution in [-0.4, -0.2) is 15.7 Å². The average Bonchev–Trinajstić information content (AvgIpc) is 3.00. The molecule has 0 spiro atoms. The predicted molar refractivity (Wildman–Crippen MR) is 118 cm³/mol. The fraction of sp³-hybridized carbons (Fsp3) is 0.208. The Morgan fingerprint density at radius 3 is 2.24 bits per heavy atom. The molecule has 0 aliphatic heterocycles. The fourth-order valence-corrected chi connectivity index (χ4v) is 3.71. The summed E-state index contributed by atoms with van der Waals surface area (Å²) in [4.78, 5) is 0. The second kappa shape index (κ2) is 8.58. The van der Waals surface area contributed by atoms with Gasteiger partial charge in [-0.15, -0.1) is 0 Å². The topological polar surface area (TPSA) is 42.9 Å². The molecular weight excluding hydrogens is 382 g/mol. The largest absolute Gasteiger partial charge is 0.494 e. The van der Waals surface area contributed by atoms with E-state index in [-0.39, 0.29) is 0 Å². The molecule has 0 fully saturated rings. The average molecular weight is 406 g/mol. The Balaban J connectivity index is 1.53. The minimum atomic E-state index is 0.515. The molecule has 0 radical (unpaired) electrons. The highest BCUT2D eigenvalue weighted by Gasteiger charge is 2.11. The molecule has 1 heterocycles. The van der Waals surface area contributed by atoms with Crippen LogP contribution in [0.25, 0.3) is 11.0 Å². The van der Waals surface area contributed by atoms with Gasteiger partial charge < -0.3 is 13.9 Å². The molecule has 3 aromatic carbocycles. The number of aryl methyl sites for hydroxylation is 2. The zero-order valence-electron chi connectivity index (χ0n) is 16.4. The van der Waals surface area contributed by atoms with E-state index in [1.165, 1.54) is 11.1 Å². The van der Waals surface area contributed by atoms with E-state index in [1.54, 1.807) is 0 Å². The Bertz CT molecular complexity index is 1170. The monoisotopic (exact) mass is 405 g/mol. The summed E-state index contributed by atoms with van der Waals surface area (Å²) in [5, 5.41) is 9.49. The van der Waals surface area contributed by atoms with E-state index in [0.29, 0.717) is 23.8 Å². The van der Waals surface area contributed by atoms with E-state index in [0.717, 1.165) is 29.7 Å². The first-order valence-electron chi connectivity index (χ1n) is 9.79. The van der Waals surface area contributed by atoms with Crippen molar-refractivity contribution in [2.75, 3.05) is 6.61 Å². The third-order valence-corrected chi connectivity index (χ3v) is 5.42. The lowest BCUT2D eigenvalue weighted by Crippen LogP contribution is -2.26. The van der Waals surface area contributed by atoms with E-state index in [2.05, 4.69) is 52.5 Å². The Labute approximate surface area is 175 Å². The van der Waals surface area contributed by atoms with Crippen LogP contribution in [0.4, 0.5) is 0 Å². The van der Waals surface area contributed by atoms with Crippen molar-refractivity contribution in [1.29, 1.82) is 5.41 Å². The van der Waals surface area contributed by atoms with Crippen molar-refractivity contribution in [2.24, 2.45) is 0 Å². The molecule has 0 atom stereocenters. The number of benzene rings is 3. The molecule has 1 N–H and O–H groups in total. The van der Waals surface area contributed by atoms with Crippen LogP contribution in [0.15, 0.2) is 72.8 Å². The molecule has 0 aliphatic rings. The SMILES string of the molecule is Cc1ccccc1Cn1c(=N)n(CCCOc2ccc(Cl)cc2)c2ccccc21. The number of aromatic nitrogens is 2. The second-order valence-corrected chi connectivity index (χ2v) is 7.57. The molecule has 5 heteroatoms. The number of ether oxygens (including phenoxy) is 1. The summed E-state index contributed by atoms with van der Waals surface area (Å²) in [7, 11) is 0. The molecule has 1 aromatic heterocycles. The van der Waals surface area contributed by atoms with Crippen molar-refractivity contribution >= 4 is 22.6 Å². The molecule has 4 rings (SSSR count). The molecule has 0 saturated heterocycles. The summed E-state index contributed by atoms with van der Waals surface area (Å²) in [6, 6.07) is 24.0. The van der Waals surface area contributed by atoms with Crippen LogP contribution in [0.2, 0.25) is 5.02 Å². The van der Waals surface area contributed by atoms with E-state index < -0.39 is 0 Å². The predicted octanol–water partition coefficient (Wildman–Crippen LogP) is 5.40. The number of para-hydroxylation sites is 2. The van der Waals surface area contributed by atoms with Crippen LogP contribution in [-0.2, 0) is 13.1 Å². The molecule has 29 heavy (non-hydrogen) atoms. The third-order valence-electron chi connectivity index (χ3n) is 5.17. The fourth-order valence-electron chi connectivity index (χ4n) is 3.58. The molecule has 0 unspecified atom stereocenters. The van der Waals surface area contributed by atoms with E-state index >= 15 is 0 Å². The zero-order valence-corrected chi connectivity index (χ0v) is 17.2. The van der Waals surface area contributed by atoms with Crippen molar-refractivity contribution in [3.05, 3.63) is 94.6 Å². The highest BCUT2D eigenvalue weighted by molar-refractivity contribution is 6.30. The standard InChI is InChI=1S/C24H24ClN3O/c1-18-7-2-3-8-19(18)17-28-23-10-5-4-9-22(23)27(24(28)26)15-6-16-29-21-13-11-20(25)12-14-21/h2-5,7-14,26H,6,15-17H2,1H3. The van der Waals surface area contributed by atoms with Gasteiger partial charge >= 0.3 is 0 Å². The van der Waals surface area contributed by atoms with Crippen molar-refractivity contribution in [3.63, 3.8) is 0 Å². The van der Waals surface area contributed by atoms with Gasteiger partial charge in [0.25, 0.3) is 0 Å². The second-order valence-electron chi connectivity index (χ2n) is 7.13. The summed E-state index contributed by atoms with van der Waals surface area (Å²) in [6.45, 7) is 4.13. The Hall–Kier alpha value is -2.98. The summed E-state index contributed by atoms with van der Waals surface area (Å²) < 4.78 is 9.96. The van der Waals surface area contributed by atoms with Crippen LogP contribution in [0, 0.1) is 12.3 Å². The number of imidazole rings is 1. The van der Waals surface area contributed by atoms with Gasteiger partial charge in [0.15, 0.2) is 0 Å². The maximum absolute atomic E-state index is 8.79. The van der Waals surface area contributed by atoms with Gasteiger partial charge in [0.2, 0.25) is 5.62 Å². The quantitative estimate of drug-likeness (QED) is 0.411. The Morgan fingerprint density at radius 1 is 0.862 bits per heavy atom. The first-order chi connectivity index (χ1) is 14.1. The molecule has 4 nitrogen and oxygen atoms in total. The van der Waals surface area contributed by atoms with E-state index in [4.69, 9.17) is 21.7 Å². The number of halogens is 1. The van der Waals surface area contributed by atoms with Gasteiger partial charge in [-0.3, -0.25) is 5.41 Å². The summed E-state index contributed by atoms with van der Waals surface area (Å²) in [5.41, 5.74) is 5.16. The molecule has 0 aliphatic carbocycles. The molecule has 0 bridgehead atoms. The summed E-state index contributed by atoms with van der Waals surface area (Å²) in [6.07, 6.45) is 0.817. The number of rotatable bonds is 7. The van der Waals surface area contributed by atoms with E-state index in [9.17, 15) is 0 Å². The lowest BCUT2D eigenvalue weighted by atomic mass is 10.1. The lowest BCUT2D eigenvalue weighted by Gasteiger charge is -2.09. The van der Waals surface area contributed by atoms with Crippen LogP contribution in [0.3, 0.4) is 0 Å².